The lowest BCUT2D eigenvalue weighted by atomic mass is 10.2. The SMILES string of the molecule is N#C/C(=C\c1cccn1-c1ccc([N+](=O)[O-])cc1)C(=O)Nc1ccc([N+](=O)[O-])cc1Cl. The molecule has 0 radical (unpaired) electrons. The minimum absolute atomic E-state index is 0.0471. The summed E-state index contributed by atoms with van der Waals surface area (Å²) in [5, 5.41) is 33.4. The van der Waals surface area contributed by atoms with Crippen molar-refractivity contribution in [2.45, 2.75) is 0 Å². The predicted octanol–water partition coefficient (Wildman–Crippen LogP) is 4.49. The van der Waals surface area contributed by atoms with E-state index in [1.165, 1.54) is 42.5 Å². The molecule has 0 saturated heterocycles. The van der Waals surface area contributed by atoms with Gasteiger partial charge in [-0.25, -0.2) is 0 Å². The van der Waals surface area contributed by atoms with Crippen LogP contribution in [0.5, 0.6) is 0 Å². The van der Waals surface area contributed by atoms with Gasteiger partial charge in [-0.1, -0.05) is 11.6 Å². The average molecular weight is 438 g/mol. The molecular weight excluding hydrogens is 426 g/mol. The molecule has 0 bridgehead atoms. The number of halogens is 1. The quantitative estimate of drug-likeness (QED) is 0.260. The number of rotatable bonds is 6. The number of hydrogen-bond acceptors (Lipinski definition) is 6. The number of nitriles is 1. The zero-order chi connectivity index (χ0) is 22.5. The van der Waals surface area contributed by atoms with Crippen LogP contribution in [0, 0.1) is 31.6 Å². The average Bonchev–Trinajstić information content (AvgIpc) is 3.21. The van der Waals surface area contributed by atoms with Crippen LogP contribution in [0.25, 0.3) is 11.8 Å². The van der Waals surface area contributed by atoms with Gasteiger partial charge in [0.15, 0.2) is 0 Å². The minimum atomic E-state index is -0.755. The molecule has 1 aromatic heterocycles. The molecule has 0 aliphatic heterocycles. The lowest BCUT2D eigenvalue weighted by Gasteiger charge is -2.08. The van der Waals surface area contributed by atoms with Gasteiger partial charge in [-0.3, -0.25) is 25.0 Å². The van der Waals surface area contributed by atoms with Crippen molar-refractivity contribution in [2.75, 3.05) is 5.32 Å². The number of carbonyl (C=O) groups excluding carboxylic acids is 1. The first-order valence-corrected chi connectivity index (χ1v) is 8.97. The molecule has 3 rings (SSSR count). The first-order chi connectivity index (χ1) is 14.8. The van der Waals surface area contributed by atoms with Gasteiger partial charge >= 0.3 is 0 Å². The molecule has 2 aromatic carbocycles. The summed E-state index contributed by atoms with van der Waals surface area (Å²) < 4.78 is 1.65. The summed E-state index contributed by atoms with van der Waals surface area (Å²) in [5.41, 5.74) is 0.652. The number of benzene rings is 2. The maximum Gasteiger partial charge on any atom is 0.271 e. The third kappa shape index (κ3) is 4.75. The van der Waals surface area contributed by atoms with E-state index in [-0.39, 0.29) is 27.7 Å². The van der Waals surface area contributed by atoms with Crippen LogP contribution in [0.2, 0.25) is 5.02 Å². The van der Waals surface area contributed by atoms with Gasteiger partial charge in [-0.05, 0) is 36.4 Å². The molecule has 0 spiro atoms. The van der Waals surface area contributed by atoms with Crippen molar-refractivity contribution in [3.63, 3.8) is 0 Å². The molecule has 1 heterocycles. The van der Waals surface area contributed by atoms with Crippen LogP contribution in [-0.4, -0.2) is 20.3 Å². The normalized spacial score (nSPS) is 10.9. The smallest absolute Gasteiger partial charge is 0.271 e. The van der Waals surface area contributed by atoms with Crippen molar-refractivity contribution in [2.24, 2.45) is 0 Å². The summed E-state index contributed by atoms with van der Waals surface area (Å²) in [5.74, 6) is -0.755. The van der Waals surface area contributed by atoms with Crippen LogP contribution in [0.3, 0.4) is 0 Å². The fourth-order valence-electron chi connectivity index (χ4n) is 2.69. The zero-order valence-electron chi connectivity index (χ0n) is 15.6. The molecule has 3 aromatic rings. The number of hydrogen-bond donors (Lipinski definition) is 1. The summed E-state index contributed by atoms with van der Waals surface area (Å²) in [4.78, 5) is 33.0. The van der Waals surface area contributed by atoms with E-state index in [9.17, 15) is 30.3 Å². The highest BCUT2D eigenvalue weighted by Gasteiger charge is 2.15. The van der Waals surface area contributed by atoms with Gasteiger partial charge in [0.05, 0.1) is 20.6 Å². The van der Waals surface area contributed by atoms with E-state index in [0.29, 0.717) is 11.4 Å². The summed E-state index contributed by atoms with van der Waals surface area (Å²) in [6.45, 7) is 0. The first-order valence-electron chi connectivity index (χ1n) is 8.59. The van der Waals surface area contributed by atoms with E-state index in [4.69, 9.17) is 11.6 Å². The van der Waals surface area contributed by atoms with Crippen molar-refractivity contribution >= 4 is 40.6 Å². The Morgan fingerprint density at radius 1 is 1.06 bits per heavy atom. The van der Waals surface area contributed by atoms with Crippen molar-refractivity contribution < 1.29 is 14.6 Å². The molecule has 0 atom stereocenters. The molecule has 1 amide bonds. The molecule has 0 fully saturated rings. The second-order valence-electron chi connectivity index (χ2n) is 6.12. The van der Waals surface area contributed by atoms with E-state index >= 15 is 0 Å². The molecule has 11 heteroatoms. The van der Waals surface area contributed by atoms with E-state index in [1.54, 1.807) is 22.9 Å². The molecule has 31 heavy (non-hydrogen) atoms. The van der Waals surface area contributed by atoms with E-state index in [1.807, 2.05) is 6.07 Å². The Morgan fingerprint density at radius 3 is 2.29 bits per heavy atom. The lowest BCUT2D eigenvalue weighted by molar-refractivity contribution is -0.385. The third-order valence-corrected chi connectivity index (χ3v) is 4.50. The maximum atomic E-state index is 12.5. The molecule has 10 nitrogen and oxygen atoms in total. The van der Waals surface area contributed by atoms with Crippen molar-refractivity contribution in [1.82, 2.24) is 4.57 Å². The standard InChI is InChI=1S/C20H12ClN5O5/c21-18-11-17(26(30)31)7-8-19(18)23-20(27)13(12-22)10-16-2-1-9-24(16)14-3-5-15(6-4-14)25(28)29/h1-11H,(H,23,27)/b13-10+. The molecule has 154 valence electrons. The van der Waals surface area contributed by atoms with Gasteiger partial charge < -0.3 is 9.88 Å². The van der Waals surface area contributed by atoms with Gasteiger partial charge in [-0.15, -0.1) is 0 Å². The number of nitrogens with zero attached hydrogens (tertiary/aromatic N) is 4. The van der Waals surface area contributed by atoms with Gasteiger partial charge in [0.25, 0.3) is 17.3 Å². The van der Waals surface area contributed by atoms with Crippen molar-refractivity contribution in [3.8, 4) is 11.8 Å². The van der Waals surface area contributed by atoms with E-state index < -0.39 is 15.8 Å². The Kier molecular flexibility index (Phi) is 6.09. The molecular formula is C20H12ClN5O5. The van der Waals surface area contributed by atoms with Gasteiger partial charge in [0.2, 0.25) is 0 Å². The number of anilines is 1. The highest BCUT2D eigenvalue weighted by atomic mass is 35.5. The van der Waals surface area contributed by atoms with Gasteiger partial charge in [-0.2, -0.15) is 5.26 Å². The molecule has 0 unspecified atom stereocenters. The van der Waals surface area contributed by atoms with E-state index in [0.717, 1.165) is 6.07 Å². The third-order valence-electron chi connectivity index (χ3n) is 4.19. The highest BCUT2D eigenvalue weighted by Crippen LogP contribution is 2.27. The Morgan fingerprint density at radius 2 is 1.71 bits per heavy atom. The van der Waals surface area contributed by atoms with Gasteiger partial charge in [0.1, 0.15) is 11.6 Å². The largest absolute Gasteiger partial charge is 0.320 e. The fourth-order valence-corrected chi connectivity index (χ4v) is 2.91. The number of nitro benzene ring substituents is 2. The zero-order valence-corrected chi connectivity index (χ0v) is 16.3. The Hall–Kier alpha value is -4.49. The lowest BCUT2D eigenvalue weighted by Crippen LogP contribution is -2.14. The van der Waals surface area contributed by atoms with Gasteiger partial charge in [0, 0.05) is 41.8 Å². The van der Waals surface area contributed by atoms with Crippen LogP contribution in [-0.2, 0) is 4.79 Å². The molecule has 1 N–H and O–H groups in total. The summed E-state index contributed by atoms with van der Waals surface area (Å²) >= 11 is 5.97. The summed E-state index contributed by atoms with van der Waals surface area (Å²) in [7, 11) is 0. The topological polar surface area (TPSA) is 144 Å². The number of nitro groups is 2. The first kappa shape index (κ1) is 21.2. The molecule has 0 aliphatic carbocycles. The number of carbonyl (C=O) groups is 1. The van der Waals surface area contributed by atoms with Crippen molar-refractivity contribution in [3.05, 3.63) is 97.3 Å². The second kappa shape index (κ2) is 8.89. The summed E-state index contributed by atoms with van der Waals surface area (Å²) in [6.07, 6.45) is 3.02. The fraction of sp³-hybridized carbons (Fsp3) is 0. The van der Waals surface area contributed by atoms with E-state index in [2.05, 4.69) is 5.32 Å². The number of non-ortho nitro benzene ring substituents is 2. The number of amides is 1. The molecule has 0 aliphatic rings. The Labute approximate surface area is 179 Å². The Bertz CT molecular complexity index is 1260. The van der Waals surface area contributed by atoms with Crippen LogP contribution in [0.1, 0.15) is 5.69 Å². The summed E-state index contributed by atoms with van der Waals surface area (Å²) in [6, 6.07) is 14.5. The second-order valence-corrected chi connectivity index (χ2v) is 6.53. The number of aromatic nitrogens is 1. The monoisotopic (exact) mass is 437 g/mol. The number of nitrogens with one attached hydrogen (secondary N) is 1. The van der Waals surface area contributed by atoms with Crippen LogP contribution in [0.4, 0.5) is 17.1 Å². The minimum Gasteiger partial charge on any atom is -0.320 e. The maximum absolute atomic E-state index is 12.5. The molecule has 0 saturated carbocycles. The highest BCUT2D eigenvalue weighted by molar-refractivity contribution is 6.34. The van der Waals surface area contributed by atoms with Crippen molar-refractivity contribution in [1.29, 1.82) is 5.26 Å². The van der Waals surface area contributed by atoms with Crippen LogP contribution >= 0.6 is 11.6 Å². The Balaban J connectivity index is 1.87. The van der Waals surface area contributed by atoms with Crippen LogP contribution < -0.4 is 5.32 Å². The predicted molar refractivity (Wildman–Crippen MR) is 113 cm³/mol. The van der Waals surface area contributed by atoms with Crippen LogP contribution in [0.15, 0.2) is 66.4 Å².